The Morgan fingerprint density at radius 3 is 2.54 bits per heavy atom. The molecule has 0 aromatic carbocycles. The standard InChI is InChI=1S/C8H12ClNOP.H2O/c1-10(2)7-3-5-8(6-4-7)12(9)11;/h3-5,8H,6H2,1-2H3;1H2/q+1;. The first-order valence-electron chi connectivity index (χ1n) is 3.79. The monoisotopic (exact) mass is 222 g/mol. The van der Waals surface area contributed by atoms with E-state index >= 15 is 0 Å². The van der Waals surface area contributed by atoms with Crippen molar-refractivity contribution in [3.05, 3.63) is 23.9 Å². The zero-order valence-corrected chi connectivity index (χ0v) is 9.35. The van der Waals surface area contributed by atoms with Crippen molar-refractivity contribution in [1.82, 2.24) is 4.90 Å². The second kappa shape index (κ2) is 5.38. The Kier molecular flexibility index (Phi) is 5.23. The largest absolute Gasteiger partial charge is 0.462 e. The van der Waals surface area contributed by atoms with Crippen LogP contribution in [0.25, 0.3) is 0 Å². The fraction of sp³-hybridized carbons (Fsp3) is 0.500. The third-order valence-electron chi connectivity index (χ3n) is 1.83. The van der Waals surface area contributed by atoms with E-state index in [0.29, 0.717) is 0 Å². The first-order chi connectivity index (χ1) is 5.61. The number of allylic oxidation sites excluding steroid dienone is 3. The molecule has 2 unspecified atom stereocenters. The van der Waals surface area contributed by atoms with E-state index in [1.165, 1.54) is 0 Å². The van der Waals surface area contributed by atoms with E-state index in [1.807, 2.05) is 31.1 Å². The number of nitrogens with zero attached hydrogens (tertiary/aromatic N) is 1. The molecule has 1 aliphatic rings. The second-order valence-electron chi connectivity index (χ2n) is 2.96. The molecule has 0 fully saturated rings. The van der Waals surface area contributed by atoms with E-state index in [4.69, 9.17) is 11.2 Å². The molecule has 0 aliphatic heterocycles. The lowest BCUT2D eigenvalue weighted by molar-refractivity contribution is 0.523. The van der Waals surface area contributed by atoms with Crippen LogP contribution < -0.4 is 0 Å². The molecule has 0 aromatic heterocycles. The molecule has 0 spiro atoms. The Bertz CT molecular complexity index is 251. The summed E-state index contributed by atoms with van der Waals surface area (Å²) in [6.07, 6.45) is 6.72. The Morgan fingerprint density at radius 2 is 2.23 bits per heavy atom. The van der Waals surface area contributed by atoms with Gasteiger partial charge in [-0.1, -0.05) is 10.6 Å². The Hall–Kier alpha value is -0.370. The van der Waals surface area contributed by atoms with Crippen LogP contribution in [0.3, 0.4) is 0 Å². The Balaban J connectivity index is 0.00000144. The lowest BCUT2D eigenvalue weighted by Crippen LogP contribution is -2.12. The molecule has 5 heteroatoms. The van der Waals surface area contributed by atoms with Crippen molar-refractivity contribution in [1.29, 1.82) is 0 Å². The summed E-state index contributed by atoms with van der Waals surface area (Å²) in [4.78, 5) is 2.02. The van der Waals surface area contributed by atoms with Gasteiger partial charge in [-0.15, -0.1) is 0 Å². The molecule has 1 aliphatic carbocycles. The highest BCUT2D eigenvalue weighted by atomic mass is 35.7. The zero-order valence-electron chi connectivity index (χ0n) is 7.70. The Labute approximate surface area is 83.9 Å². The van der Waals surface area contributed by atoms with Gasteiger partial charge >= 0.3 is 7.15 Å². The van der Waals surface area contributed by atoms with Gasteiger partial charge in [0.25, 0.3) is 0 Å². The van der Waals surface area contributed by atoms with Crippen LogP contribution >= 0.6 is 18.4 Å². The van der Waals surface area contributed by atoms with Gasteiger partial charge in [-0.05, 0) is 12.2 Å². The molecule has 0 heterocycles. The molecule has 0 saturated heterocycles. The highest BCUT2D eigenvalue weighted by molar-refractivity contribution is 7.74. The molecular formula is C8H14ClNO2P+. The van der Waals surface area contributed by atoms with Crippen molar-refractivity contribution in [3.8, 4) is 0 Å². The molecule has 1 rings (SSSR count). The average molecular weight is 223 g/mol. The van der Waals surface area contributed by atoms with Crippen molar-refractivity contribution in [2.24, 2.45) is 0 Å². The molecule has 2 N–H and O–H groups in total. The molecule has 74 valence electrons. The molecule has 13 heavy (non-hydrogen) atoms. The number of halogens is 1. The molecule has 0 saturated carbocycles. The van der Waals surface area contributed by atoms with Crippen LogP contribution in [0.1, 0.15) is 6.42 Å². The smallest absolute Gasteiger partial charge is 0.412 e. The molecular weight excluding hydrogens is 209 g/mol. The maximum absolute atomic E-state index is 10.9. The first kappa shape index (κ1) is 12.6. The van der Waals surface area contributed by atoms with E-state index in [-0.39, 0.29) is 11.1 Å². The third-order valence-corrected chi connectivity index (χ3v) is 3.49. The fourth-order valence-electron chi connectivity index (χ4n) is 1.08. The molecule has 2 atom stereocenters. The van der Waals surface area contributed by atoms with Gasteiger partial charge in [0.2, 0.25) is 11.2 Å². The molecule has 0 bridgehead atoms. The molecule has 3 nitrogen and oxygen atoms in total. The van der Waals surface area contributed by atoms with Crippen molar-refractivity contribution in [3.63, 3.8) is 0 Å². The summed E-state index contributed by atoms with van der Waals surface area (Å²) in [6, 6.07) is 0. The van der Waals surface area contributed by atoms with Gasteiger partial charge in [-0.2, -0.15) is 0 Å². The predicted molar refractivity (Wildman–Crippen MR) is 56.4 cm³/mol. The minimum Gasteiger partial charge on any atom is -0.412 e. The minimum absolute atomic E-state index is 0. The van der Waals surface area contributed by atoms with E-state index in [1.54, 1.807) is 0 Å². The summed E-state index contributed by atoms with van der Waals surface area (Å²) in [5, 5.41) is 0. The van der Waals surface area contributed by atoms with Crippen LogP contribution in [-0.2, 0) is 4.57 Å². The summed E-state index contributed by atoms with van der Waals surface area (Å²) in [6.45, 7) is 0. The molecule has 0 amide bonds. The summed E-state index contributed by atoms with van der Waals surface area (Å²) in [5.41, 5.74) is 1.17. The summed E-state index contributed by atoms with van der Waals surface area (Å²) < 4.78 is 10.9. The predicted octanol–water partition coefficient (Wildman–Crippen LogP) is 1.92. The summed E-state index contributed by atoms with van der Waals surface area (Å²) in [7, 11) is 2.38. The van der Waals surface area contributed by atoms with Gasteiger partial charge < -0.3 is 10.4 Å². The maximum atomic E-state index is 10.9. The highest BCUT2D eigenvalue weighted by Gasteiger charge is 2.26. The van der Waals surface area contributed by atoms with E-state index in [9.17, 15) is 4.57 Å². The number of hydrogen-bond donors (Lipinski definition) is 0. The van der Waals surface area contributed by atoms with Crippen LogP contribution in [-0.4, -0.2) is 30.1 Å². The lowest BCUT2D eigenvalue weighted by atomic mass is 10.1. The maximum Gasteiger partial charge on any atom is 0.462 e. The van der Waals surface area contributed by atoms with Crippen LogP contribution in [0.4, 0.5) is 0 Å². The van der Waals surface area contributed by atoms with Gasteiger partial charge in [-0.25, -0.2) is 0 Å². The van der Waals surface area contributed by atoms with Crippen molar-refractivity contribution in [2.75, 3.05) is 14.1 Å². The highest BCUT2D eigenvalue weighted by Crippen LogP contribution is 2.38. The molecule has 0 radical (unpaired) electrons. The van der Waals surface area contributed by atoms with Gasteiger partial charge in [0, 0.05) is 26.2 Å². The topological polar surface area (TPSA) is 51.8 Å². The van der Waals surface area contributed by atoms with Crippen LogP contribution in [0.15, 0.2) is 23.9 Å². The molecule has 0 aromatic rings. The third kappa shape index (κ3) is 3.47. The second-order valence-corrected chi connectivity index (χ2v) is 5.16. The van der Waals surface area contributed by atoms with Crippen LogP contribution in [0.2, 0.25) is 0 Å². The average Bonchev–Trinajstić information content (AvgIpc) is 2.04. The van der Waals surface area contributed by atoms with Crippen LogP contribution in [0, 0.1) is 0 Å². The van der Waals surface area contributed by atoms with Crippen LogP contribution in [0.5, 0.6) is 0 Å². The van der Waals surface area contributed by atoms with Crippen molar-refractivity contribution < 1.29 is 10.0 Å². The normalized spacial score (nSPS) is 21.6. The first-order valence-corrected chi connectivity index (χ1v) is 6.02. The van der Waals surface area contributed by atoms with E-state index in [2.05, 4.69) is 6.08 Å². The number of hydrogen-bond acceptors (Lipinski definition) is 2. The van der Waals surface area contributed by atoms with E-state index in [0.717, 1.165) is 12.1 Å². The van der Waals surface area contributed by atoms with Gasteiger partial charge in [0.1, 0.15) is 0 Å². The van der Waals surface area contributed by atoms with Crippen molar-refractivity contribution >= 4 is 18.4 Å². The Morgan fingerprint density at radius 1 is 1.62 bits per heavy atom. The number of rotatable bonds is 2. The quantitative estimate of drug-likeness (QED) is 0.671. The van der Waals surface area contributed by atoms with Gasteiger partial charge in [0.05, 0.1) is 0 Å². The van der Waals surface area contributed by atoms with Gasteiger partial charge in [-0.3, -0.25) is 0 Å². The van der Waals surface area contributed by atoms with Crippen molar-refractivity contribution in [2.45, 2.75) is 12.1 Å². The lowest BCUT2D eigenvalue weighted by Gasteiger charge is -2.16. The zero-order chi connectivity index (χ0) is 9.14. The summed E-state index contributed by atoms with van der Waals surface area (Å²) in [5.74, 6) is 0. The van der Waals surface area contributed by atoms with Gasteiger partial charge in [0.15, 0.2) is 5.66 Å². The van der Waals surface area contributed by atoms with E-state index < -0.39 is 7.15 Å². The number of likely N-dealkylation sites (N-methyl/N-ethyl adjacent to an activating group) is 1. The minimum atomic E-state index is -1.58. The SMILES string of the molecule is CN(C)C1=CCC([P+](=O)Cl)C=C1.O. The summed E-state index contributed by atoms with van der Waals surface area (Å²) >= 11 is 5.50. The fourth-order valence-corrected chi connectivity index (χ4v) is 2.01.